The molecule has 2 aromatic carbocycles. The number of amides is 3. The average Bonchev–Trinajstić information content (AvgIpc) is 3.25. The number of nitrogens with one attached hydrogen (secondary N) is 1. The van der Waals surface area contributed by atoms with Crippen molar-refractivity contribution in [3.05, 3.63) is 66.0 Å². The van der Waals surface area contributed by atoms with Crippen LogP contribution < -0.4 is 5.32 Å². The molecule has 0 aliphatic carbocycles. The summed E-state index contributed by atoms with van der Waals surface area (Å²) in [5.41, 5.74) is 1.98. The van der Waals surface area contributed by atoms with Crippen molar-refractivity contribution in [3.8, 4) is 11.4 Å². The summed E-state index contributed by atoms with van der Waals surface area (Å²) in [5.74, 6) is -0.926. The molecule has 1 aromatic heterocycles. The fourth-order valence-corrected chi connectivity index (χ4v) is 3.68. The van der Waals surface area contributed by atoms with Gasteiger partial charge in [0.1, 0.15) is 12.4 Å². The first-order valence-electron chi connectivity index (χ1n) is 9.60. The van der Waals surface area contributed by atoms with Gasteiger partial charge in [-0.15, -0.1) is 10.2 Å². The van der Waals surface area contributed by atoms with Crippen LogP contribution in [0.4, 0.5) is 5.69 Å². The SMILES string of the molecule is CC(C)C(C(=O)Nc1cccc(-c2nncn2C)c1)N1C(=O)c2ccccc2C1=O. The third-order valence-corrected chi connectivity index (χ3v) is 5.10. The Labute approximate surface area is 173 Å². The summed E-state index contributed by atoms with van der Waals surface area (Å²) in [6.07, 6.45) is 1.59. The Balaban J connectivity index is 1.61. The molecule has 1 unspecified atom stereocenters. The molecule has 0 saturated carbocycles. The molecule has 1 N–H and O–H groups in total. The maximum atomic E-state index is 13.2. The van der Waals surface area contributed by atoms with Gasteiger partial charge in [0.05, 0.1) is 11.1 Å². The molecule has 8 nitrogen and oxygen atoms in total. The van der Waals surface area contributed by atoms with Gasteiger partial charge in [-0.2, -0.15) is 0 Å². The number of carbonyl (C=O) groups excluding carboxylic acids is 3. The lowest BCUT2D eigenvalue weighted by Crippen LogP contribution is -2.50. The molecular weight excluding hydrogens is 382 g/mol. The van der Waals surface area contributed by atoms with Crippen molar-refractivity contribution in [3.63, 3.8) is 0 Å². The maximum Gasteiger partial charge on any atom is 0.262 e. The molecule has 8 heteroatoms. The molecule has 0 saturated heterocycles. The zero-order valence-electron chi connectivity index (χ0n) is 16.9. The lowest BCUT2D eigenvalue weighted by atomic mass is 10.0. The first kappa shape index (κ1) is 19.5. The Kier molecular flexibility index (Phi) is 4.91. The fourth-order valence-electron chi connectivity index (χ4n) is 3.68. The van der Waals surface area contributed by atoms with Crippen molar-refractivity contribution >= 4 is 23.4 Å². The maximum absolute atomic E-state index is 13.2. The number of carbonyl (C=O) groups is 3. The molecule has 3 amide bonds. The summed E-state index contributed by atoms with van der Waals surface area (Å²) in [7, 11) is 1.83. The highest BCUT2D eigenvalue weighted by Gasteiger charge is 2.43. The van der Waals surface area contributed by atoms with Crippen LogP contribution >= 0.6 is 0 Å². The number of anilines is 1. The van der Waals surface area contributed by atoms with E-state index in [1.807, 2.05) is 27.0 Å². The van der Waals surface area contributed by atoms with Gasteiger partial charge in [-0.3, -0.25) is 19.3 Å². The normalized spacial score (nSPS) is 14.2. The van der Waals surface area contributed by atoms with Crippen LogP contribution in [0.2, 0.25) is 0 Å². The number of hydrogen-bond donors (Lipinski definition) is 1. The molecule has 0 spiro atoms. The predicted octanol–water partition coefficient (Wildman–Crippen LogP) is 2.74. The Bertz CT molecular complexity index is 1120. The van der Waals surface area contributed by atoms with Gasteiger partial charge in [0.15, 0.2) is 5.82 Å². The van der Waals surface area contributed by atoms with E-state index in [1.165, 1.54) is 0 Å². The smallest absolute Gasteiger partial charge is 0.262 e. The third-order valence-electron chi connectivity index (χ3n) is 5.10. The van der Waals surface area contributed by atoms with Gasteiger partial charge in [0.2, 0.25) is 5.91 Å². The Morgan fingerprint density at radius 3 is 2.23 bits per heavy atom. The van der Waals surface area contributed by atoms with E-state index in [1.54, 1.807) is 53.4 Å². The van der Waals surface area contributed by atoms with Gasteiger partial charge in [0, 0.05) is 18.3 Å². The molecule has 3 aromatic rings. The van der Waals surface area contributed by atoms with Gasteiger partial charge < -0.3 is 9.88 Å². The molecule has 1 aliphatic rings. The van der Waals surface area contributed by atoms with Crippen molar-refractivity contribution < 1.29 is 14.4 Å². The van der Waals surface area contributed by atoms with E-state index >= 15 is 0 Å². The summed E-state index contributed by atoms with van der Waals surface area (Å²) in [6, 6.07) is 12.9. The van der Waals surface area contributed by atoms with Crippen molar-refractivity contribution in [1.82, 2.24) is 19.7 Å². The molecule has 0 bridgehead atoms. The van der Waals surface area contributed by atoms with E-state index < -0.39 is 23.8 Å². The summed E-state index contributed by atoms with van der Waals surface area (Å²) >= 11 is 0. The van der Waals surface area contributed by atoms with Crippen LogP contribution in [0.15, 0.2) is 54.9 Å². The monoisotopic (exact) mass is 403 g/mol. The van der Waals surface area contributed by atoms with Crippen LogP contribution in [0.3, 0.4) is 0 Å². The number of fused-ring (bicyclic) bond motifs is 1. The predicted molar refractivity (Wildman–Crippen MR) is 111 cm³/mol. The molecule has 30 heavy (non-hydrogen) atoms. The fraction of sp³-hybridized carbons (Fsp3) is 0.227. The molecule has 0 radical (unpaired) electrons. The number of nitrogens with zero attached hydrogens (tertiary/aromatic N) is 4. The van der Waals surface area contributed by atoms with Crippen LogP contribution in [-0.2, 0) is 11.8 Å². The summed E-state index contributed by atoms with van der Waals surface area (Å²) < 4.78 is 1.77. The van der Waals surface area contributed by atoms with Crippen molar-refractivity contribution in [2.24, 2.45) is 13.0 Å². The minimum atomic E-state index is -0.934. The van der Waals surface area contributed by atoms with E-state index in [2.05, 4.69) is 15.5 Å². The molecular formula is C22H21N5O3. The number of aryl methyl sites for hydroxylation is 1. The number of imide groups is 1. The number of benzene rings is 2. The van der Waals surface area contributed by atoms with Gasteiger partial charge in [-0.25, -0.2) is 0 Å². The first-order chi connectivity index (χ1) is 14.4. The minimum absolute atomic E-state index is 0.269. The molecule has 0 fully saturated rings. The highest BCUT2D eigenvalue weighted by molar-refractivity contribution is 6.23. The number of rotatable bonds is 5. The second-order valence-corrected chi connectivity index (χ2v) is 7.55. The highest BCUT2D eigenvalue weighted by atomic mass is 16.2. The van der Waals surface area contributed by atoms with Gasteiger partial charge >= 0.3 is 0 Å². The van der Waals surface area contributed by atoms with Crippen LogP contribution in [0, 0.1) is 5.92 Å². The molecule has 1 aliphatic heterocycles. The van der Waals surface area contributed by atoms with E-state index in [0.29, 0.717) is 22.6 Å². The van der Waals surface area contributed by atoms with E-state index in [0.717, 1.165) is 10.5 Å². The van der Waals surface area contributed by atoms with Crippen LogP contribution in [-0.4, -0.2) is 43.4 Å². The van der Waals surface area contributed by atoms with Crippen LogP contribution in [0.1, 0.15) is 34.6 Å². The zero-order valence-corrected chi connectivity index (χ0v) is 16.9. The van der Waals surface area contributed by atoms with Gasteiger partial charge in [-0.05, 0) is 30.2 Å². The topological polar surface area (TPSA) is 97.2 Å². The Hall–Kier alpha value is -3.81. The lowest BCUT2D eigenvalue weighted by Gasteiger charge is -2.28. The van der Waals surface area contributed by atoms with E-state index in [9.17, 15) is 14.4 Å². The number of hydrogen-bond acceptors (Lipinski definition) is 5. The van der Waals surface area contributed by atoms with Crippen molar-refractivity contribution in [2.75, 3.05) is 5.32 Å². The molecule has 4 rings (SSSR count). The van der Waals surface area contributed by atoms with Gasteiger partial charge in [0.25, 0.3) is 11.8 Å². The van der Waals surface area contributed by atoms with Crippen molar-refractivity contribution in [2.45, 2.75) is 19.9 Å². The standard InChI is InChI=1S/C22H21N5O3/c1-13(2)18(27-21(29)16-9-4-5-10-17(16)22(27)30)20(28)24-15-8-6-7-14(11-15)19-25-23-12-26(19)3/h4-13,18H,1-3H3,(H,24,28). The number of aromatic nitrogens is 3. The first-order valence-corrected chi connectivity index (χ1v) is 9.60. The van der Waals surface area contributed by atoms with Gasteiger partial charge in [-0.1, -0.05) is 38.1 Å². The van der Waals surface area contributed by atoms with Crippen LogP contribution in [0.5, 0.6) is 0 Å². The zero-order chi connectivity index (χ0) is 21.4. The summed E-state index contributed by atoms with van der Waals surface area (Å²) in [4.78, 5) is 40.0. The molecule has 152 valence electrons. The largest absolute Gasteiger partial charge is 0.324 e. The minimum Gasteiger partial charge on any atom is -0.324 e. The average molecular weight is 403 g/mol. The van der Waals surface area contributed by atoms with Crippen molar-refractivity contribution in [1.29, 1.82) is 0 Å². The Morgan fingerprint density at radius 2 is 1.67 bits per heavy atom. The van der Waals surface area contributed by atoms with E-state index in [-0.39, 0.29) is 5.92 Å². The summed E-state index contributed by atoms with van der Waals surface area (Å²) in [5, 5.41) is 10.8. The quantitative estimate of drug-likeness (QED) is 0.661. The van der Waals surface area contributed by atoms with Crippen LogP contribution in [0.25, 0.3) is 11.4 Å². The second-order valence-electron chi connectivity index (χ2n) is 7.55. The third kappa shape index (κ3) is 3.26. The Morgan fingerprint density at radius 1 is 1.00 bits per heavy atom. The molecule has 2 heterocycles. The lowest BCUT2D eigenvalue weighted by molar-refractivity contribution is -0.121. The highest BCUT2D eigenvalue weighted by Crippen LogP contribution is 2.28. The van der Waals surface area contributed by atoms with E-state index in [4.69, 9.17) is 0 Å². The molecule has 1 atom stereocenters. The summed E-state index contributed by atoms with van der Waals surface area (Å²) in [6.45, 7) is 3.62. The second kappa shape index (κ2) is 7.55.